The Hall–Kier alpha value is -3.11. The summed E-state index contributed by atoms with van der Waals surface area (Å²) in [7, 11) is 1.78. The van der Waals surface area contributed by atoms with Crippen LogP contribution in [0.15, 0.2) is 78.9 Å². The third-order valence-electron chi connectivity index (χ3n) is 4.44. The number of halogens is 1. The second kappa shape index (κ2) is 7.25. The van der Waals surface area contributed by atoms with Crippen LogP contribution in [0.5, 0.6) is 0 Å². The monoisotopic (exact) mass is 375 g/mol. The number of hydrogen-bond donors (Lipinski definition) is 0. The molecule has 1 amide bonds. The third-order valence-corrected chi connectivity index (χ3v) is 4.68. The van der Waals surface area contributed by atoms with Gasteiger partial charge in [-0.05, 0) is 42.5 Å². The number of benzene rings is 3. The fourth-order valence-electron chi connectivity index (χ4n) is 3.17. The summed E-state index contributed by atoms with van der Waals surface area (Å²) in [6, 6.07) is 25.0. The number of carbonyl (C=O) groups excluding carboxylic acids is 1. The molecule has 0 saturated heterocycles. The first-order chi connectivity index (χ1) is 13.1. The SMILES string of the molecule is CN(Cc1nc2ccccc2n1-c1ccccc1)C(=O)c1cccc(Cl)c1. The molecule has 4 nitrogen and oxygen atoms in total. The number of fused-ring (bicyclic) bond motifs is 1. The summed E-state index contributed by atoms with van der Waals surface area (Å²) >= 11 is 6.03. The first-order valence-corrected chi connectivity index (χ1v) is 9.04. The Morgan fingerprint density at radius 2 is 1.74 bits per heavy atom. The Labute approximate surface area is 162 Å². The standard InChI is InChI=1S/C22H18ClN3O/c1-25(22(27)16-8-7-9-17(23)14-16)15-21-24-19-12-5-6-13-20(19)26(21)18-10-3-2-4-11-18/h2-14H,15H2,1H3. The highest BCUT2D eigenvalue weighted by molar-refractivity contribution is 6.30. The van der Waals surface area contributed by atoms with Gasteiger partial charge >= 0.3 is 0 Å². The van der Waals surface area contributed by atoms with Gasteiger partial charge in [0.1, 0.15) is 5.82 Å². The third kappa shape index (κ3) is 3.44. The lowest BCUT2D eigenvalue weighted by molar-refractivity contribution is 0.0781. The van der Waals surface area contributed by atoms with Crippen LogP contribution in [0.3, 0.4) is 0 Å². The average Bonchev–Trinajstić information content (AvgIpc) is 3.05. The zero-order chi connectivity index (χ0) is 18.8. The molecule has 5 heteroatoms. The molecule has 3 aromatic carbocycles. The van der Waals surface area contributed by atoms with E-state index in [0.717, 1.165) is 22.5 Å². The van der Waals surface area contributed by atoms with Crippen LogP contribution in [-0.2, 0) is 6.54 Å². The molecule has 1 heterocycles. The van der Waals surface area contributed by atoms with E-state index in [0.29, 0.717) is 17.1 Å². The largest absolute Gasteiger partial charge is 0.334 e. The molecule has 1 aromatic heterocycles. The van der Waals surface area contributed by atoms with Gasteiger partial charge in [0, 0.05) is 23.3 Å². The summed E-state index contributed by atoms with van der Waals surface area (Å²) in [5, 5.41) is 0.547. The molecular formula is C22H18ClN3O. The van der Waals surface area contributed by atoms with Gasteiger partial charge in [-0.25, -0.2) is 4.98 Å². The first-order valence-electron chi connectivity index (χ1n) is 8.66. The van der Waals surface area contributed by atoms with E-state index in [1.54, 1.807) is 36.2 Å². The van der Waals surface area contributed by atoms with Crippen LogP contribution in [0.2, 0.25) is 5.02 Å². The second-order valence-electron chi connectivity index (χ2n) is 6.36. The smallest absolute Gasteiger partial charge is 0.254 e. The summed E-state index contributed by atoms with van der Waals surface area (Å²) in [5.74, 6) is 0.712. The molecule has 27 heavy (non-hydrogen) atoms. The number of imidazole rings is 1. The minimum absolute atomic E-state index is 0.0934. The zero-order valence-electron chi connectivity index (χ0n) is 14.8. The van der Waals surface area contributed by atoms with Crippen molar-refractivity contribution in [1.82, 2.24) is 14.5 Å². The van der Waals surface area contributed by atoms with E-state index >= 15 is 0 Å². The van der Waals surface area contributed by atoms with Crippen LogP contribution >= 0.6 is 11.6 Å². The van der Waals surface area contributed by atoms with Crippen molar-refractivity contribution in [2.45, 2.75) is 6.54 Å². The number of carbonyl (C=O) groups is 1. The van der Waals surface area contributed by atoms with Gasteiger partial charge in [0.25, 0.3) is 5.91 Å². The van der Waals surface area contributed by atoms with E-state index in [4.69, 9.17) is 16.6 Å². The molecule has 0 bridgehead atoms. The maximum atomic E-state index is 12.8. The van der Waals surface area contributed by atoms with Crippen molar-refractivity contribution in [3.8, 4) is 5.69 Å². The van der Waals surface area contributed by atoms with E-state index in [-0.39, 0.29) is 5.91 Å². The fourth-order valence-corrected chi connectivity index (χ4v) is 3.36. The fraction of sp³-hybridized carbons (Fsp3) is 0.0909. The molecular weight excluding hydrogens is 358 g/mol. The van der Waals surface area contributed by atoms with E-state index < -0.39 is 0 Å². The molecule has 4 rings (SSSR count). The van der Waals surface area contributed by atoms with Crippen molar-refractivity contribution in [1.29, 1.82) is 0 Å². The van der Waals surface area contributed by atoms with Gasteiger partial charge in [-0.3, -0.25) is 9.36 Å². The molecule has 134 valence electrons. The Kier molecular flexibility index (Phi) is 4.65. The normalized spacial score (nSPS) is 10.9. The molecule has 0 saturated carbocycles. The van der Waals surface area contributed by atoms with Crippen molar-refractivity contribution < 1.29 is 4.79 Å². The van der Waals surface area contributed by atoms with Crippen molar-refractivity contribution in [3.05, 3.63) is 95.3 Å². The average molecular weight is 376 g/mol. The number of nitrogens with zero attached hydrogens (tertiary/aromatic N) is 3. The Bertz CT molecular complexity index is 1100. The predicted molar refractivity (Wildman–Crippen MR) is 108 cm³/mol. The number of aromatic nitrogens is 2. The van der Waals surface area contributed by atoms with Crippen LogP contribution in [0, 0.1) is 0 Å². The molecule has 0 N–H and O–H groups in total. The molecule has 4 aromatic rings. The van der Waals surface area contributed by atoms with Crippen LogP contribution in [-0.4, -0.2) is 27.4 Å². The zero-order valence-corrected chi connectivity index (χ0v) is 15.6. The van der Waals surface area contributed by atoms with E-state index in [1.807, 2.05) is 54.6 Å². The summed E-state index contributed by atoms with van der Waals surface area (Å²) in [6.07, 6.45) is 0. The molecule has 0 unspecified atom stereocenters. The van der Waals surface area contributed by atoms with Gasteiger partial charge in [-0.15, -0.1) is 0 Å². The number of para-hydroxylation sites is 3. The quantitative estimate of drug-likeness (QED) is 0.506. The highest BCUT2D eigenvalue weighted by Crippen LogP contribution is 2.23. The van der Waals surface area contributed by atoms with Gasteiger partial charge in [0.15, 0.2) is 0 Å². The van der Waals surface area contributed by atoms with Gasteiger partial charge in [-0.2, -0.15) is 0 Å². The van der Waals surface area contributed by atoms with Crippen LogP contribution in [0.1, 0.15) is 16.2 Å². The maximum Gasteiger partial charge on any atom is 0.254 e. The Morgan fingerprint density at radius 3 is 2.52 bits per heavy atom. The minimum Gasteiger partial charge on any atom is -0.334 e. The second-order valence-corrected chi connectivity index (χ2v) is 6.80. The molecule has 0 aliphatic carbocycles. The Balaban J connectivity index is 1.72. The number of hydrogen-bond acceptors (Lipinski definition) is 2. The molecule has 0 aliphatic rings. The van der Waals surface area contributed by atoms with Crippen LogP contribution in [0.25, 0.3) is 16.7 Å². The van der Waals surface area contributed by atoms with Crippen molar-refractivity contribution in [2.24, 2.45) is 0 Å². The lowest BCUT2D eigenvalue weighted by Crippen LogP contribution is -2.27. The molecule has 0 spiro atoms. The van der Waals surface area contributed by atoms with Crippen molar-refractivity contribution in [2.75, 3.05) is 7.05 Å². The van der Waals surface area contributed by atoms with Gasteiger partial charge in [-0.1, -0.05) is 48.0 Å². The van der Waals surface area contributed by atoms with Crippen molar-refractivity contribution >= 4 is 28.5 Å². The van der Waals surface area contributed by atoms with E-state index in [1.165, 1.54) is 0 Å². The lowest BCUT2D eigenvalue weighted by atomic mass is 10.2. The lowest BCUT2D eigenvalue weighted by Gasteiger charge is -2.18. The van der Waals surface area contributed by atoms with Crippen LogP contribution < -0.4 is 0 Å². The van der Waals surface area contributed by atoms with Gasteiger partial charge in [0.05, 0.1) is 17.6 Å². The highest BCUT2D eigenvalue weighted by Gasteiger charge is 2.18. The molecule has 0 radical (unpaired) electrons. The van der Waals surface area contributed by atoms with Gasteiger partial charge < -0.3 is 4.90 Å². The van der Waals surface area contributed by atoms with E-state index in [2.05, 4.69) is 4.57 Å². The van der Waals surface area contributed by atoms with Crippen molar-refractivity contribution in [3.63, 3.8) is 0 Å². The van der Waals surface area contributed by atoms with E-state index in [9.17, 15) is 4.79 Å². The number of rotatable bonds is 4. The first kappa shape index (κ1) is 17.3. The topological polar surface area (TPSA) is 38.1 Å². The Morgan fingerprint density at radius 1 is 1.00 bits per heavy atom. The van der Waals surface area contributed by atoms with Gasteiger partial charge in [0.2, 0.25) is 0 Å². The molecule has 0 atom stereocenters. The summed E-state index contributed by atoms with van der Waals surface area (Å²) in [4.78, 5) is 19.2. The maximum absolute atomic E-state index is 12.8. The summed E-state index contributed by atoms with van der Waals surface area (Å²) < 4.78 is 2.09. The summed E-state index contributed by atoms with van der Waals surface area (Å²) in [6.45, 7) is 0.384. The van der Waals surface area contributed by atoms with Crippen LogP contribution in [0.4, 0.5) is 0 Å². The number of amides is 1. The molecule has 0 aliphatic heterocycles. The highest BCUT2D eigenvalue weighted by atomic mass is 35.5. The minimum atomic E-state index is -0.0934. The molecule has 0 fully saturated rings. The summed E-state index contributed by atoms with van der Waals surface area (Å²) in [5.41, 5.74) is 3.50. The predicted octanol–water partition coefficient (Wildman–Crippen LogP) is 4.95.